The van der Waals surface area contributed by atoms with E-state index in [1.165, 1.54) is 18.5 Å². The van der Waals surface area contributed by atoms with Crippen LogP contribution < -0.4 is 5.73 Å². The van der Waals surface area contributed by atoms with Gasteiger partial charge in [0.1, 0.15) is 6.33 Å². The van der Waals surface area contributed by atoms with Gasteiger partial charge < -0.3 is 10.5 Å². The standard InChI is InChI=1S/C14H17ClN4O2/c1-9(2)6-19-13(17-8-18-19)7-21-14(20)10-3-11(15)5-12(16)4-10/h3-5,8-9H,6-7,16H2,1-2H3. The van der Waals surface area contributed by atoms with E-state index < -0.39 is 5.97 Å². The minimum atomic E-state index is -0.497. The molecule has 0 aliphatic carbocycles. The molecule has 2 N–H and O–H groups in total. The largest absolute Gasteiger partial charge is 0.454 e. The van der Waals surface area contributed by atoms with Crippen molar-refractivity contribution in [3.8, 4) is 0 Å². The predicted molar refractivity (Wildman–Crippen MR) is 79.8 cm³/mol. The van der Waals surface area contributed by atoms with Gasteiger partial charge in [-0.1, -0.05) is 25.4 Å². The first-order valence-electron chi connectivity index (χ1n) is 6.55. The molecular weight excluding hydrogens is 292 g/mol. The number of anilines is 1. The summed E-state index contributed by atoms with van der Waals surface area (Å²) in [6, 6.07) is 4.60. The Labute approximate surface area is 127 Å². The quantitative estimate of drug-likeness (QED) is 0.678. The highest BCUT2D eigenvalue weighted by atomic mass is 35.5. The highest BCUT2D eigenvalue weighted by molar-refractivity contribution is 6.31. The molecule has 112 valence electrons. The average Bonchev–Trinajstić information content (AvgIpc) is 2.81. The fourth-order valence-corrected chi connectivity index (χ4v) is 2.09. The second-order valence-electron chi connectivity index (χ2n) is 5.10. The van der Waals surface area contributed by atoms with E-state index in [0.717, 1.165) is 6.54 Å². The molecule has 0 radical (unpaired) electrons. The lowest BCUT2D eigenvalue weighted by molar-refractivity contribution is 0.0456. The average molecular weight is 309 g/mol. The van der Waals surface area contributed by atoms with Crippen molar-refractivity contribution in [1.29, 1.82) is 0 Å². The maximum Gasteiger partial charge on any atom is 0.338 e. The smallest absolute Gasteiger partial charge is 0.338 e. The van der Waals surface area contributed by atoms with Gasteiger partial charge in [-0.15, -0.1) is 0 Å². The van der Waals surface area contributed by atoms with Crippen molar-refractivity contribution in [2.45, 2.75) is 27.0 Å². The summed E-state index contributed by atoms with van der Waals surface area (Å²) < 4.78 is 6.95. The first-order valence-corrected chi connectivity index (χ1v) is 6.93. The molecule has 0 spiro atoms. The van der Waals surface area contributed by atoms with Crippen LogP contribution in [0, 0.1) is 5.92 Å². The van der Waals surface area contributed by atoms with E-state index in [9.17, 15) is 4.79 Å². The van der Waals surface area contributed by atoms with Crippen molar-refractivity contribution < 1.29 is 9.53 Å². The summed E-state index contributed by atoms with van der Waals surface area (Å²) in [6.45, 7) is 4.92. The summed E-state index contributed by atoms with van der Waals surface area (Å²) in [5.41, 5.74) is 6.38. The normalized spacial score (nSPS) is 10.9. The number of nitrogens with zero attached hydrogens (tertiary/aromatic N) is 3. The van der Waals surface area contributed by atoms with E-state index in [1.54, 1.807) is 10.7 Å². The molecule has 7 heteroatoms. The fourth-order valence-electron chi connectivity index (χ4n) is 1.84. The Balaban J connectivity index is 2.02. The molecule has 1 aromatic carbocycles. The molecule has 0 aliphatic heterocycles. The molecule has 1 aromatic heterocycles. The molecule has 0 unspecified atom stereocenters. The molecule has 1 heterocycles. The Morgan fingerprint density at radius 3 is 2.86 bits per heavy atom. The zero-order valence-corrected chi connectivity index (χ0v) is 12.7. The van der Waals surface area contributed by atoms with Crippen molar-refractivity contribution in [3.63, 3.8) is 0 Å². The van der Waals surface area contributed by atoms with E-state index in [-0.39, 0.29) is 6.61 Å². The lowest BCUT2D eigenvalue weighted by Crippen LogP contribution is -2.13. The van der Waals surface area contributed by atoms with E-state index in [2.05, 4.69) is 23.9 Å². The third kappa shape index (κ3) is 4.19. The van der Waals surface area contributed by atoms with Crippen LogP contribution >= 0.6 is 11.6 Å². The summed E-state index contributed by atoms with van der Waals surface area (Å²) >= 11 is 5.86. The van der Waals surface area contributed by atoms with Crippen LogP contribution in [0.25, 0.3) is 0 Å². The van der Waals surface area contributed by atoms with Gasteiger partial charge in [-0.05, 0) is 24.1 Å². The number of hydrogen-bond donors (Lipinski definition) is 1. The number of nitrogens with two attached hydrogens (primary N) is 1. The predicted octanol–water partition coefficient (Wildman–Crippen LogP) is 2.53. The number of ether oxygens (including phenoxy) is 1. The molecule has 0 fully saturated rings. The summed E-state index contributed by atoms with van der Waals surface area (Å²) in [5.74, 6) is 0.532. The zero-order chi connectivity index (χ0) is 15.4. The molecule has 2 rings (SSSR count). The third-order valence-electron chi connectivity index (χ3n) is 2.72. The number of hydrogen-bond acceptors (Lipinski definition) is 5. The number of aromatic nitrogens is 3. The number of carbonyl (C=O) groups is 1. The van der Waals surface area contributed by atoms with Crippen LogP contribution in [0.15, 0.2) is 24.5 Å². The number of rotatable bonds is 5. The second-order valence-corrected chi connectivity index (χ2v) is 5.54. The fraction of sp³-hybridized carbons (Fsp3) is 0.357. The maximum atomic E-state index is 12.0. The van der Waals surface area contributed by atoms with Crippen LogP contribution in [-0.2, 0) is 17.9 Å². The molecule has 0 bridgehead atoms. The Kier molecular flexibility index (Phi) is 4.80. The van der Waals surface area contributed by atoms with Crippen molar-refractivity contribution in [2.24, 2.45) is 5.92 Å². The Morgan fingerprint density at radius 1 is 1.43 bits per heavy atom. The van der Waals surface area contributed by atoms with E-state index in [0.29, 0.717) is 28.0 Å². The van der Waals surface area contributed by atoms with Gasteiger partial charge in [0.05, 0.1) is 5.56 Å². The summed E-state index contributed by atoms with van der Waals surface area (Å²) in [6.07, 6.45) is 1.45. The lowest BCUT2D eigenvalue weighted by atomic mass is 10.2. The van der Waals surface area contributed by atoms with Crippen LogP contribution in [-0.4, -0.2) is 20.7 Å². The highest BCUT2D eigenvalue weighted by Gasteiger charge is 2.12. The lowest BCUT2D eigenvalue weighted by Gasteiger charge is -2.09. The Bertz CT molecular complexity index is 619. The van der Waals surface area contributed by atoms with Gasteiger partial charge in [0, 0.05) is 17.3 Å². The number of carbonyl (C=O) groups excluding carboxylic acids is 1. The van der Waals surface area contributed by atoms with Gasteiger partial charge in [-0.3, -0.25) is 0 Å². The monoisotopic (exact) mass is 308 g/mol. The zero-order valence-electron chi connectivity index (χ0n) is 11.9. The van der Waals surface area contributed by atoms with Crippen LogP contribution in [0.4, 0.5) is 5.69 Å². The minimum absolute atomic E-state index is 0.0535. The molecule has 0 amide bonds. The van der Waals surface area contributed by atoms with Crippen LogP contribution in [0.1, 0.15) is 30.0 Å². The van der Waals surface area contributed by atoms with Gasteiger partial charge in [-0.25, -0.2) is 14.5 Å². The summed E-state index contributed by atoms with van der Waals surface area (Å²) in [7, 11) is 0. The van der Waals surface area contributed by atoms with E-state index >= 15 is 0 Å². The number of benzene rings is 1. The number of halogens is 1. The first kappa shape index (κ1) is 15.3. The topological polar surface area (TPSA) is 83.0 Å². The van der Waals surface area contributed by atoms with Gasteiger partial charge >= 0.3 is 5.97 Å². The Morgan fingerprint density at radius 2 is 2.19 bits per heavy atom. The van der Waals surface area contributed by atoms with Gasteiger partial charge in [0.2, 0.25) is 0 Å². The maximum absolute atomic E-state index is 12.0. The summed E-state index contributed by atoms with van der Waals surface area (Å²) in [5, 5.41) is 4.50. The van der Waals surface area contributed by atoms with E-state index in [1.807, 2.05) is 0 Å². The molecule has 0 atom stereocenters. The molecular formula is C14H17ClN4O2. The first-order chi connectivity index (χ1) is 9.95. The van der Waals surface area contributed by atoms with Gasteiger partial charge in [0.15, 0.2) is 12.4 Å². The SMILES string of the molecule is CC(C)Cn1ncnc1COC(=O)c1cc(N)cc(Cl)c1. The van der Waals surface area contributed by atoms with Crippen molar-refractivity contribution in [2.75, 3.05) is 5.73 Å². The van der Waals surface area contributed by atoms with Crippen LogP contribution in [0.5, 0.6) is 0 Å². The van der Waals surface area contributed by atoms with Crippen LogP contribution in [0.3, 0.4) is 0 Å². The minimum Gasteiger partial charge on any atom is -0.454 e. The third-order valence-corrected chi connectivity index (χ3v) is 2.94. The van der Waals surface area contributed by atoms with Crippen LogP contribution in [0.2, 0.25) is 5.02 Å². The molecule has 21 heavy (non-hydrogen) atoms. The Hall–Kier alpha value is -2.08. The van der Waals surface area contributed by atoms with E-state index in [4.69, 9.17) is 22.1 Å². The van der Waals surface area contributed by atoms with Gasteiger partial charge in [-0.2, -0.15) is 5.10 Å². The van der Waals surface area contributed by atoms with Crippen molar-refractivity contribution in [3.05, 3.63) is 40.9 Å². The summed E-state index contributed by atoms with van der Waals surface area (Å²) in [4.78, 5) is 16.1. The molecule has 0 aliphatic rings. The number of nitrogen functional groups attached to an aromatic ring is 1. The molecule has 0 saturated heterocycles. The second kappa shape index (κ2) is 6.58. The molecule has 2 aromatic rings. The number of esters is 1. The highest BCUT2D eigenvalue weighted by Crippen LogP contribution is 2.17. The molecule has 0 saturated carbocycles. The van der Waals surface area contributed by atoms with Crippen molar-refractivity contribution >= 4 is 23.3 Å². The van der Waals surface area contributed by atoms with Gasteiger partial charge in [0.25, 0.3) is 0 Å². The molecule has 6 nitrogen and oxygen atoms in total. The van der Waals surface area contributed by atoms with Crippen molar-refractivity contribution in [1.82, 2.24) is 14.8 Å².